The van der Waals surface area contributed by atoms with Gasteiger partial charge in [0.2, 0.25) is 0 Å². The molecule has 0 aliphatic rings. The Morgan fingerprint density at radius 3 is 2.73 bits per heavy atom. The number of methoxy groups -OCH3 is 1. The molecule has 1 aromatic heterocycles. The van der Waals surface area contributed by atoms with Gasteiger partial charge in [0.1, 0.15) is 6.61 Å². The molecule has 0 spiro atoms. The van der Waals surface area contributed by atoms with E-state index in [9.17, 15) is 9.59 Å². The van der Waals surface area contributed by atoms with Crippen LogP contribution < -0.4 is 5.69 Å². The Labute approximate surface area is 87.7 Å². The van der Waals surface area contributed by atoms with Crippen LogP contribution in [-0.4, -0.2) is 29.1 Å². The van der Waals surface area contributed by atoms with Gasteiger partial charge in [-0.15, -0.1) is 0 Å². The summed E-state index contributed by atoms with van der Waals surface area (Å²) in [6.45, 7) is 3.55. The Balaban J connectivity index is 2.95. The first-order chi connectivity index (χ1) is 7.04. The molecular formula is C10H14N2O3. The molecular weight excluding hydrogens is 196 g/mol. The largest absolute Gasteiger partial charge is 0.377 e. The van der Waals surface area contributed by atoms with Gasteiger partial charge in [-0.05, 0) is 19.9 Å². The number of hydrogen-bond donors (Lipinski definition) is 0. The van der Waals surface area contributed by atoms with Gasteiger partial charge >= 0.3 is 5.69 Å². The molecule has 1 rings (SSSR count). The smallest absolute Gasteiger partial charge is 0.348 e. The molecule has 0 amide bonds. The van der Waals surface area contributed by atoms with Crippen LogP contribution in [0, 0.1) is 13.8 Å². The standard InChI is InChI=1S/C10H14N2O3/c1-7-4-8(2)12(10(14)11-7)5-9(13)6-15-3/h4H,5-6H2,1-3H3. The first kappa shape index (κ1) is 11.6. The van der Waals surface area contributed by atoms with E-state index < -0.39 is 5.69 Å². The second-order valence-corrected chi connectivity index (χ2v) is 3.38. The molecule has 0 aliphatic carbocycles. The first-order valence-electron chi connectivity index (χ1n) is 4.60. The van der Waals surface area contributed by atoms with Crippen molar-refractivity contribution in [3.63, 3.8) is 0 Å². The Bertz CT molecular complexity index is 423. The lowest BCUT2D eigenvalue weighted by molar-refractivity contribution is -0.123. The quantitative estimate of drug-likeness (QED) is 0.706. The second-order valence-electron chi connectivity index (χ2n) is 3.38. The number of nitrogens with zero attached hydrogens (tertiary/aromatic N) is 2. The average molecular weight is 210 g/mol. The highest BCUT2D eigenvalue weighted by molar-refractivity contribution is 5.79. The summed E-state index contributed by atoms with van der Waals surface area (Å²) < 4.78 is 6.04. The zero-order chi connectivity index (χ0) is 11.4. The molecule has 1 aromatic rings. The predicted molar refractivity (Wildman–Crippen MR) is 54.9 cm³/mol. The Kier molecular flexibility index (Phi) is 3.74. The zero-order valence-corrected chi connectivity index (χ0v) is 9.11. The number of hydrogen-bond acceptors (Lipinski definition) is 4. The molecule has 82 valence electrons. The number of aryl methyl sites for hydroxylation is 2. The van der Waals surface area contributed by atoms with Gasteiger partial charge in [0, 0.05) is 18.5 Å². The Morgan fingerprint density at radius 2 is 2.20 bits per heavy atom. The lowest BCUT2D eigenvalue weighted by atomic mass is 10.3. The van der Waals surface area contributed by atoms with E-state index in [1.54, 1.807) is 19.9 Å². The van der Waals surface area contributed by atoms with Crippen LogP contribution >= 0.6 is 0 Å². The van der Waals surface area contributed by atoms with Crippen LogP contribution in [0.1, 0.15) is 11.4 Å². The van der Waals surface area contributed by atoms with Crippen LogP contribution in [0.2, 0.25) is 0 Å². The van der Waals surface area contributed by atoms with E-state index in [4.69, 9.17) is 4.74 Å². The normalized spacial score (nSPS) is 10.3. The third-order valence-electron chi connectivity index (χ3n) is 1.99. The van der Waals surface area contributed by atoms with Crippen LogP contribution in [0.15, 0.2) is 10.9 Å². The van der Waals surface area contributed by atoms with Gasteiger partial charge in [-0.2, -0.15) is 4.98 Å². The van der Waals surface area contributed by atoms with Crippen LogP contribution in [0.3, 0.4) is 0 Å². The Morgan fingerprint density at radius 1 is 1.53 bits per heavy atom. The summed E-state index contributed by atoms with van der Waals surface area (Å²) in [7, 11) is 1.45. The summed E-state index contributed by atoms with van der Waals surface area (Å²) >= 11 is 0. The van der Waals surface area contributed by atoms with Gasteiger partial charge in [-0.3, -0.25) is 9.36 Å². The number of carbonyl (C=O) groups excluding carboxylic acids is 1. The summed E-state index contributed by atoms with van der Waals surface area (Å²) in [4.78, 5) is 26.5. The van der Waals surface area contributed by atoms with Crippen molar-refractivity contribution in [3.05, 3.63) is 27.9 Å². The molecule has 0 aliphatic heterocycles. The lowest BCUT2D eigenvalue weighted by Crippen LogP contribution is -2.30. The van der Waals surface area contributed by atoms with Crippen molar-refractivity contribution in [2.24, 2.45) is 0 Å². The molecule has 1 heterocycles. The minimum atomic E-state index is -0.392. The average Bonchev–Trinajstić information content (AvgIpc) is 2.11. The van der Waals surface area contributed by atoms with E-state index in [2.05, 4.69) is 4.98 Å². The number of ketones is 1. The molecule has 15 heavy (non-hydrogen) atoms. The van der Waals surface area contributed by atoms with E-state index in [0.29, 0.717) is 5.69 Å². The molecule has 0 saturated carbocycles. The topological polar surface area (TPSA) is 61.2 Å². The summed E-state index contributed by atoms with van der Waals surface area (Å²) in [6, 6.07) is 1.77. The number of carbonyl (C=O) groups is 1. The molecule has 0 N–H and O–H groups in total. The highest BCUT2D eigenvalue weighted by atomic mass is 16.5. The van der Waals surface area contributed by atoms with Crippen molar-refractivity contribution in [3.8, 4) is 0 Å². The third-order valence-corrected chi connectivity index (χ3v) is 1.99. The molecule has 0 aromatic carbocycles. The van der Waals surface area contributed by atoms with Gasteiger partial charge in [0.05, 0.1) is 6.54 Å². The van der Waals surface area contributed by atoms with E-state index in [-0.39, 0.29) is 18.9 Å². The molecule has 0 unspecified atom stereocenters. The maximum absolute atomic E-state index is 11.5. The third kappa shape index (κ3) is 2.99. The van der Waals surface area contributed by atoms with Crippen molar-refractivity contribution < 1.29 is 9.53 Å². The van der Waals surface area contributed by atoms with Gasteiger partial charge in [-0.1, -0.05) is 0 Å². The molecule has 0 radical (unpaired) electrons. The molecule has 0 fully saturated rings. The van der Waals surface area contributed by atoms with Crippen LogP contribution in [0.5, 0.6) is 0 Å². The van der Waals surface area contributed by atoms with E-state index in [1.807, 2.05) is 0 Å². The van der Waals surface area contributed by atoms with Crippen molar-refractivity contribution in [2.45, 2.75) is 20.4 Å². The minimum Gasteiger partial charge on any atom is -0.377 e. The molecule has 5 heteroatoms. The molecule has 0 atom stereocenters. The fraction of sp³-hybridized carbons (Fsp3) is 0.500. The Hall–Kier alpha value is -1.49. The van der Waals surface area contributed by atoms with E-state index >= 15 is 0 Å². The summed E-state index contributed by atoms with van der Waals surface area (Å²) in [5, 5.41) is 0. The van der Waals surface area contributed by atoms with Gasteiger partial charge in [0.15, 0.2) is 5.78 Å². The van der Waals surface area contributed by atoms with E-state index in [0.717, 1.165) is 5.69 Å². The number of Topliss-reactive ketones (excluding diaryl/α,β-unsaturated/α-hetero) is 1. The van der Waals surface area contributed by atoms with Gasteiger partial charge in [0.25, 0.3) is 0 Å². The maximum Gasteiger partial charge on any atom is 0.348 e. The van der Waals surface area contributed by atoms with Crippen molar-refractivity contribution in [2.75, 3.05) is 13.7 Å². The highest BCUT2D eigenvalue weighted by Crippen LogP contribution is 1.96. The molecule has 0 saturated heterocycles. The maximum atomic E-state index is 11.5. The van der Waals surface area contributed by atoms with Crippen molar-refractivity contribution in [1.29, 1.82) is 0 Å². The minimum absolute atomic E-state index is 0.0136. The number of aromatic nitrogens is 2. The van der Waals surface area contributed by atoms with Gasteiger partial charge < -0.3 is 4.74 Å². The fourth-order valence-corrected chi connectivity index (χ4v) is 1.35. The lowest BCUT2D eigenvalue weighted by Gasteiger charge is -2.08. The summed E-state index contributed by atoms with van der Waals surface area (Å²) in [5.74, 6) is -0.145. The van der Waals surface area contributed by atoms with Crippen molar-refractivity contribution >= 4 is 5.78 Å². The number of ether oxygens (including phenoxy) is 1. The SMILES string of the molecule is COCC(=O)Cn1c(C)cc(C)nc1=O. The van der Waals surface area contributed by atoms with Crippen molar-refractivity contribution in [1.82, 2.24) is 9.55 Å². The second kappa shape index (κ2) is 4.84. The fourth-order valence-electron chi connectivity index (χ4n) is 1.35. The summed E-state index contributed by atoms with van der Waals surface area (Å²) in [5.41, 5.74) is 1.00. The van der Waals surface area contributed by atoms with Crippen LogP contribution in [0.4, 0.5) is 0 Å². The van der Waals surface area contributed by atoms with Crippen LogP contribution in [0.25, 0.3) is 0 Å². The monoisotopic (exact) mass is 210 g/mol. The number of rotatable bonds is 4. The van der Waals surface area contributed by atoms with E-state index in [1.165, 1.54) is 11.7 Å². The summed E-state index contributed by atoms with van der Waals surface area (Å²) in [6.07, 6.45) is 0. The van der Waals surface area contributed by atoms with Crippen LogP contribution in [-0.2, 0) is 16.1 Å². The van der Waals surface area contributed by atoms with Gasteiger partial charge in [-0.25, -0.2) is 4.79 Å². The molecule has 0 bridgehead atoms. The predicted octanol–water partition coefficient (Wildman–Crippen LogP) is 0.0756. The zero-order valence-electron chi connectivity index (χ0n) is 9.11. The highest BCUT2D eigenvalue weighted by Gasteiger charge is 2.07. The molecule has 5 nitrogen and oxygen atoms in total. The first-order valence-corrected chi connectivity index (χ1v) is 4.60.